The molecule has 1 aliphatic heterocycles. The number of nitrogens with zero attached hydrogens (tertiary/aromatic N) is 1. The Morgan fingerprint density at radius 1 is 1.56 bits per heavy atom. The van der Waals surface area contributed by atoms with Gasteiger partial charge in [-0.3, -0.25) is 9.59 Å². The summed E-state index contributed by atoms with van der Waals surface area (Å²) in [6.45, 7) is 2.78. The van der Waals surface area contributed by atoms with Gasteiger partial charge in [0.1, 0.15) is 6.54 Å². The molecule has 2 unspecified atom stereocenters. The number of nitrogens with one attached hydrogen (secondary N) is 1. The van der Waals surface area contributed by atoms with E-state index in [1.54, 1.807) is 11.9 Å². The zero-order chi connectivity index (χ0) is 12.1. The minimum atomic E-state index is -0.364. The fourth-order valence-electron chi connectivity index (χ4n) is 1.98. The summed E-state index contributed by atoms with van der Waals surface area (Å²) in [4.78, 5) is 24.8. The molecule has 1 rings (SSSR count). The second-order valence-electron chi connectivity index (χ2n) is 4.32. The van der Waals surface area contributed by atoms with Gasteiger partial charge in [0, 0.05) is 6.54 Å². The first-order chi connectivity index (χ1) is 7.58. The van der Waals surface area contributed by atoms with Crippen molar-refractivity contribution in [2.75, 3.05) is 27.2 Å². The van der Waals surface area contributed by atoms with Gasteiger partial charge < -0.3 is 15.0 Å². The lowest BCUT2D eigenvalue weighted by Crippen LogP contribution is -2.46. The summed E-state index contributed by atoms with van der Waals surface area (Å²) in [5.74, 6) is 0.0570. The van der Waals surface area contributed by atoms with Crippen LogP contribution in [0.2, 0.25) is 0 Å². The lowest BCUT2D eigenvalue weighted by Gasteiger charge is -2.23. The Bertz CT molecular complexity index is 268. The number of carbonyl (C=O) groups excluding carboxylic acids is 2. The summed E-state index contributed by atoms with van der Waals surface area (Å²) in [7, 11) is 3.11. The number of carbonyl (C=O) groups is 2. The van der Waals surface area contributed by atoms with Crippen LogP contribution in [0.25, 0.3) is 0 Å². The van der Waals surface area contributed by atoms with Gasteiger partial charge >= 0.3 is 5.97 Å². The molecule has 0 radical (unpaired) electrons. The molecule has 1 fully saturated rings. The molecule has 92 valence electrons. The fourth-order valence-corrected chi connectivity index (χ4v) is 1.98. The quantitative estimate of drug-likeness (QED) is 0.691. The first-order valence-electron chi connectivity index (χ1n) is 5.61. The van der Waals surface area contributed by atoms with Crippen molar-refractivity contribution in [3.63, 3.8) is 0 Å². The maximum Gasteiger partial charge on any atom is 0.325 e. The lowest BCUT2D eigenvalue weighted by molar-refractivity contribution is -0.147. The van der Waals surface area contributed by atoms with Crippen LogP contribution in [0.3, 0.4) is 0 Å². The zero-order valence-corrected chi connectivity index (χ0v) is 10.2. The molecule has 0 spiro atoms. The van der Waals surface area contributed by atoms with Crippen LogP contribution in [0.15, 0.2) is 0 Å². The summed E-state index contributed by atoms with van der Waals surface area (Å²) in [6.07, 6.45) is 1.82. The van der Waals surface area contributed by atoms with Crippen LogP contribution in [-0.4, -0.2) is 50.1 Å². The van der Waals surface area contributed by atoms with E-state index in [1.807, 2.05) is 0 Å². The SMILES string of the molecule is CNC1CCC(C)CN(CC(=O)OC)C1=O. The van der Waals surface area contributed by atoms with E-state index in [1.165, 1.54) is 7.11 Å². The lowest BCUT2D eigenvalue weighted by atomic mass is 10.0. The molecule has 5 nitrogen and oxygen atoms in total. The third-order valence-electron chi connectivity index (χ3n) is 2.99. The standard InChI is InChI=1S/C11H20N2O3/c1-8-4-5-9(12-2)11(15)13(6-8)7-10(14)16-3/h8-9,12H,4-7H2,1-3H3. The van der Waals surface area contributed by atoms with E-state index < -0.39 is 0 Å². The maximum absolute atomic E-state index is 12.0. The molecular weight excluding hydrogens is 208 g/mol. The summed E-state index contributed by atoms with van der Waals surface area (Å²) >= 11 is 0. The molecule has 16 heavy (non-hydrogen) atoms. The van der Waals surface area contributed by atoms with Crippen molar-refractivity contribution in [2.24, 2.45) is 5.92 Å². The molecule has 0 saturated carbocycles. The van der Waals surface area contributed by atoms with Crippen LogP contribution in [0.1, 0.15) is 19.8 Å². The number of hydrogen-bond acceptors (Lipinski definition) is 4. The molecule has 0 aromatic carbocycles. The van der Waals surface area contributed by atoms with E-state index in [4.69, 9.17) is 0 Å². The monoisotopic (exact) mass is 228 g/mol. The van der Waals surface area contributed by atoms with Crippen molar-refractivity contribution >= 4 is 11.9 Å². The third kappa shape index (κ3) is 3.20. The Balaban J connectivity index is 2.70. The van der Waals surface area contributed by atoms with E-state index in [9.17, 15) is 9.59 Å². The van der Waals surface area contributed by atoms with Gasteiger partial charge in [0.25, 0.3) is 0 Å². The van der Waals surface area contributed by atoms with Crippen LogP contribution in [0.4, 0.5) is 0 Å². The Morgan fingerprint density at radius 3 is 2.81 bits per heavy atom. The van der Waals surface area contributed by atoms with Crippen molar-refractivity contribution in [3.05, 3.63) is 0 Å². The molecule has 1 saturated heterocycles. The smallest absolute Gasteiger partial charge is 0.325 e. The number of hydrogen-bond donors (Lipinski definition) is 1. The largest absolute Gasteiger partial charge is 0.468 e. The molecule has 1 amide bonds. The van der Waals surface area contributed by atoms with Gasteiger partial charge in [-0.2, -0.15) is 0 Å². The second kappa shape index (κ2) is 5.84. The number of rotatable bonds is 3. The number of methoxy groups -OCH3 is 1. The predicted molar refractivity (Wildman–Crippen MR) is 59.8 cm³/mol. The Hall–Kier alpha value is -1.10. The summed E-state index contributed by atoms with van der Waals surface area (Å²) in [6, 6.07) is -0.172. The number of likely N-dealkylation sites (tertiary alicyclic amines) is 1. The van der Waals surface area contributed by atoms with E-state index in [0.29, 0.717) is 12.5 Å². The Kier molecular flexibility index (Phi) is 4.73. The van der Waals surface area contributed by atoms with E-state index in [0.717, 1.165) is 12.8 Å². The number of likely N-dealkylation sites (N-methyl/N-ethyl adjacent to an activating group) is 1. The van der Waals surface area contributed by atoms with Crippen LogP contribution in [0, 0.1) is 5.92 Å². The van der Waals surface area contributed by atoms with Crippen molar-refractivity contribution in [1.29, 1.82) is 0 Å². The molecule has 0 aromatic heterocycles. The predicted octanol–water partition coefficient (Wildman–Crippen LogP) is 0.00590. The second-order valence-corrected chi connectivity index (χ2v) is 4.32. The molecule has 2 atom stereocenters. The normalized spacial score (nSPS) is 26.4. The van der Waals surface area contributed by atoms with E-state index in [-0.39, 0.29) is 24.5 Å². The molecule has 5 heteroatoms. The first kappa shape index (κ1) is 13.0. The van der Waals surface area contributed by atoms with Gasteiger partial charge in [0.2, 0.25) is 5.91 Å². The van der Waals surface area contributed by atoms with Gasteiger partial charge in [0.05, 0.1) is 13.2 Å². The van der Waals surface area contributed by atoms with Crippen molar-refractivity contribution in [2.45, 2.75) is 25.8 Å². The van der Waals surface area contributed by atoms with Crippen molar-refractivity contribution in [1.82, 2.24) is 10.2 Å². The summed E-state index contributed by atoms with van der Waals surface area (Å²) in [5, 5.41) is 2.99. The number of esters is 1. The summed E-state index contributed by atoms with van der Waals surface area (Å²) in [5.41, 5.74) is 0. The number of ether oxygens (including phenoxy) is 1. The average Bonchev–Trinajstić information content (AvgIpc) is 2.40. The van der Waals surface area contributed by atoms with Gasteiger partial charge in [0.15, 0.2) is 0 Å². The molecular formula is C11H20N2O3. The highest BCUT2D eigenvalue weighted by atomic mass is 16.5. The molecule has 0 aliphatic carbocycles. The highest BCUT2D eigenvalue weighted by Crippen LogP contribution is 2.17. The molecule has 0 bridgehead atoms. The third-order valence-corrected chi connectivity index (χ3v) is 2.99. The molecule has 1 aliphatic rings. The molecule has 0 aromatic rings. The van der Waals surface area contributed by atoms with Crippen LogP contribution >= 0.6 is 0 Å². The van der Waals surface area contributed by atoms with Gasteiger partial charge in [-0.05, 0) is 25.8 Å². The molecule has 1 N–H and O–H groups in total. The molecule has 1 heterocycles. The van der Waals surface area contributed by atoms with Crippen molar-refractivity contribution in [3.8, 4) is 0 Å². The van der Waals surface area contributed by atoms with Gasteiger partial charge in [-0.15, -0.1) is 0 Å². The zero-order valence-electron chi connectivity index (χ0n) is 10.2. The van der Waals surface area contributed by atoms with Crippen LogP contribution in [-0.2, 0) is 14.3 Å². The topological polar surface area (TPSA) is 58.6 Å². The average molecular weight is 228 g/mol. The maximum atomic E-state index is 12.0. The first-order valence-corrected chi connectivity index (χ1v) is 5.61. The number of amides is 1. The fraction of sp³-hybridized carbons (Fsp3) is 0.818. The van der Waals surface area contributed by atoms with Crippen LogP contribution < -0.4 is 5.32 Å². The highest BCUT2D eigenvalue weighted by molar-refractivity contribution is 5.86. The van der Waals surface area contributed by atoms with E-state index >= 15 is 0 Å². The Morgan fingerprint density at radius 2 is 2.25 bits per heavy atom. The summed E-state index contributed by atoms with van der Waals surface area (Å²) < 4.78 is 4.59. The van der Waals surface area contributed by atoms with Gasteiger partial charge in [-0.1, -0.05) is 6.92 Å². The minimum Gasteiger partial charge on any atom is -0.468 e. The van der Waals surface area contributed by atoms with Gasteiger partial charge in [-0.25, -0.2) is 0 Å². The Labute approximate surface area is 96.1 Å². The van der Waals surface area contributed by atoms with Crippen molar-refractivity contribution < 1.29 is 14.3 Å². The van der Waals surface area contributed by atoms with Crippen LogP contribution in [0.5, 0.6) is 0 Å². The highest BCUT2D eigenvalue weighted by Gasteiger charge is 2.29. The van der Waals surface area contributed by atoms with E-state index in [2.05, 4.69) is 17.0 Å². The minimum absolute atomic E-state index is 0.00255.